The van der Waals surface area contributed by atoms with E-state index in [1.807, 2.05) is 0 Å². The molecule has 0 bridgehead atoms. The molecule has 118 valence electrons. The number of ether oxygens (including phenoxy) is 1. The van der Waals surface area contributed by atoms with Crippen LogP contribution in [-0.2, 0) is 0 Å². The second-order valence-electron chi connectivity index (χ2n) is 4.49. The molecule has 0 saturated heterocycles. The molecule has 2 aromatic carbocycles. The quantitative estimate of drug-likeness (QED) is 0.480. The normalized spacial score (nSPS) is 10.5. The maximum Gasteiger partial charge on any atom is 0.271 e. The van der Waals surface area contributed by atoms with E-state index in [9.17, 15) is 4.79 Å². The van der Waals surface area contributed by atoms with Gasteiger partial charge in [0.05, 0.1) is 11.2 Å². The average molecular weight is 349 g/mol. The molecule has 4 nitrogen and oxygen atoms in total. The van der Waals surface area contributed by atoms with Gasteiger partial charge in [0, 0.05) is 16.1 Å². The summed E-state index contributed by atoms with van der Waals surface area (Å²) in [7, 11) is 0. The lowest BCUT2D eigenvalue weighted by molar-refractivity contribution is 0.0955. The van der Waals surface area contributed by atoms with Crippen molar-refractivity contribution in [3.8, 4) is 5.75 Å². The van der Waals surface area contributed by atoms with Crippen LogP contribution in [-0.4, -0.2) is 18.7 Å². The SMILES string of the molecule is C=CCOc1ccc(C(=O)NN=Cc2ccc(Cl)cc2Cl)cc1. The molecule has 23 heavy (non-hydrogen) atoms. The van der Waals surface area contributed by atoms with Gasteiger partial charge in [-0.05, 0) is 36.4 Å². The Labute approximate surface area is 144 Å². The zero-order valence-corrected chi connectivity index (χ0v) is 13.6. The fourth-order valence-electron chi connectivity index (χ4n) is 1.69. The first-order chi connectivity index (χ1) is 11.1. The molecule has 2 aromatic rings. The number of carbonyl (C=O) groups excluding carboxylic acids is 1. The van der Waals surface area contributed by atoms with Crippen LogP contribution in [0.5, 0.6) is 5.75 Å². The van der Waals surface area contributed by atoms with Crippen LogP contribution in [0, 0.1) is 0 Å². The van der Waals surface area contributed by atoms with Crippen LogP contribution in [0.25, 0.3) is 0 Å². The van der Waals surface area contributed by atoms with Gasteiger partial charge in [-0.25, -0.2) is 5.43 Å². The zero-order valence-electron chi connectivity index (χ0n) is 12.1. The Hall–Kier alpha value is -2.30. The van der Waals surface area contributed by atoms with Crippen molar-refractivity contribution in [2.45, 2.75) is 0 Å². The largest absolute Gasteiger partial charge is 0.490 e. The van der Waals surface area contributed by atoms with Crippen molar-refractivity contribution in [2.75, 3.05) is 6.61 Å². The summed E-state index contributed by atoms with van der Waals surface area (Å²) < 4.78 is 5.35. The van der Waals surface area contributed by atoms with E-state index in [0.717, 1.165) is 0 Å². The molecule has 0 spiro atoms. The molecule has 0 atom stereocenters. The Bertz CT molecular complexity index is 728. The number of nitrogens with one attached hydrogen (secondary N) is 1. The predicted octanol–water partition coefficient (Wildman–Crippen LogP) is 4.32. The molecular weight excluding hydrogens is 335 g/mol. The summed E-state index contributed by atoms with van der Waals surface area (Å²) in [6, 6.07) is 11.7. The van der Waals surface area contributed by atoms with Gasteiger partial charge >= 0.3 is 0 Å². The number of hydrogen-bond acceptors (Lipinski definition) is 3. The summed E-state index contributed by atoms with van der Waals surface area (Å²) in [6.45, 7) is 3.98. The smallest absolute Gasteiger partial charge is 0.271 e. The summed E-state index contributed by atoms with van der Waals surface area (Å²) in [5.41, 5.74) is 3.56. The molecule has 1 amide bonds. The lowest BCUT2D eigenvalue weighted by Gasteiger charge is -2.04. The molecule has 2 rings (SSSR count). The summed E-state index contributed by atoms with van der Waals surface area (Å²) in [5, 5.41) is 4.88. The van der Waals surface area contributed by atoms with Crippen LogP contribution in [0.15, 0.2) is 60.2 Å². The van der Waals surface area contributed by atoms with E-state index >= 15 is 0 Å². The molecule has 0 saturated carbocycles. The highest BCUT2D eigenvalue weighted by molar-refractivity contribution is 6.36. The third kappa shape index (κ3) is 5.13. The van der Waals surface area contributed by atoms with Gasteiger partial charge < -0.3 is 4.74 Å². The maximum atomic E-state index is 12.0. The molecule has 1 N–H and O–H groups in total. The van der Waals surface area contributed by atoms with Gasteiger partial charge in [-0.15, -0.1) is 0 Å². The number of hydrazone groups is 1. The van der Waals surface area contributed by atoms with Gasteiger partial charge in [0.2, 0.25) is 0 Å². The van der Waals surface area contributed by atoms with Crippen molar-refractivity contribution in [3.05, 3.63) is 76.3 Å². The first kappa shape index (κ1) is 17.1. The minimum Gasteiger partial charge on any atom is -0.490 e. The van der Waals surface area contributed by atoms with Gasteiger partial charge in [-0.2, -0.15) is 5.10 Å². The van der Waals surface area contributed by atoms with Crippen LogP contribution in [0.3, 0.4) is 0 Å². The van der Waals surface area contributed by atoms with E-state index in [4.69, 9.17) is 27.9 Å². The predicted molar refractivity (Wildman–Crippen MR) is 93.7 cm³/mol. The standard InChI is InChI=1S/C17H14Cl2N2O2/c1-2-9-23-15-7-4-12(5-8-15)17(22)21-20-11-13-3-6-14(18)10-16(13)19/h2-8,10-11H,1,9H2,(H,21,22). The molecule has 0 aromatic heterocycles. The van der Waals surface area contributed by atoms with E-state index in [-0.39, 0.29) is 5.91 Å². The minimum atomic E-state index is -0.332. The van der Waals surface area contributed by atoms with Gasteiger partial charge in [-0.1, -0.05) is 41.9 Å². The molecule has 0 aliphatic rings. The summed E-state index contributed by atoms with van der Waals surface area (Å²) in [4.78, 5) is 12.0. The van der Waals surface area contributed by atoms with Crippen molar-refractivity contribution in [1.82, 2.24) is 5.43 Å². The Morgan fingerprint density at radius 1 is 1.22 bits per heavy atom. The van der Waals surface area contributed by atoms with Crippen molar-refractivity contribution in [1.29, 1.82) is 0 Å². The Morgan fingerprint density at radius 2 is 1.96 bits per heavy atom. The fourth-order valence-corrected chi connectivity index (χ4v) is 2.15. The number of amides is 1. The number of carbonyl (C=O) groups is 1. The second-order valence-corrected chi connectivity index (χ2v) is 5.33. The summed E-state index contributed by atoms with van der Waals surface area (Å²) in [6.07, 6.45) is 3.11. The molecule has 0 aliphatic heterocycles. The van der Waals surface area contributed by atoms with Crippen LogP contribution < -0.4 is 10.2 Å². The molecular formula is C17H14Cl2N2O2. The topological polar surface area (TPSA) is 50.7 Å². The second kappa shape index (κ2) is 8.36. The fraction of sp³-hybridized carbons (Fsp3) is 0.0588. The van der Waals surface area contributed by atoms with Crippen LogP contribution in [0.4, 0.5) is 0 Å². The third-order valence-electron chi connectivity index (χ3n) is 2.82. The van der Waals surface area contributed by atoms with Crippen LogP contribution >= 0.6 is 23.2 Å². The highest BCUT2D eigenvalue weighted by Crippen LogP contribution is 2.19. The number of rotatable bonds is 6. The lowest BCUT2D eigenvalue weighted by atomic mass is 10.2. The van der Waals surface area contributed by atoms with E-state index in [1.54, 1.807) is 48.5 Å². The van der Waals surface area contributed by atoms with Gasteiger partial charge in [0.25, 0.3) is 5.91 Å². The number of benzene rings is 2. The molecule has 0 heterocycles. The number of nitrogens with zero attached hydrogens (tertiary/aromatic N) is 1. The first-order valence-electron chi connectivity index (χ1n) is 6.72. The summed E-state index contributed by atoms with van der Waals surface area (Å²) in [5.74, 6) is 0.333. The van der Waals surface area contributed by atoms with Crippen molar-refractivity contribution < 1.29 is 9.53 Å². The maximum absolute atomic E-state index is 12.0. The monoisotopic (exact) mass is 348 g/mol. The highest BCUT2D eigenvalue weighted by atomic mass is 35.5. The molecule has 0 fully saturated rings. The lowest BCUT2D eigenvalue weighted by Crippen LogP contribution is -2.17. The van der Waals surface area contributed by atoms with Crippen LogP contribution in [0.1, 0.15) is 15.9 Å². The van der Waals surface area contributed by atoms with E-state index < -0.39 is 0 Å². The van der Waals surface area contributed by atoms with Crippen molar-refractivity contribution >= 4 is 35.3 Å². The Kier molecular flexibility index (Phi) is 6.20. The number of hydrogen-bond donors (Lipinski definition) is 1. The van der Waals surface area contributed by atoms with Crippen molar-refractivity contribution in [2.24, 2.45) is 5.10 Å². The zero-order chi connectivity index (χ0) is 16.7. The van der Waals surface area contributed by atoms with Gasteiger partial charge in [0.1, 0.15) is 12.4 Å². The van der Waals surface area contributed by atoms with Gasteiger partial charge in [0.15, 0.2) is 0 Å². The Balaban J connectivity index is 1.96. The molecule has 0 aliphatic carbocycles. The molecule has 6 heteroatoms. The number of halogens is 2. The van der Waals surface area contributed by atoms with E-state index in [0.29, 0.717) is 33.5 Å². The average Bonchev–Trinajstić information content (AvgIpc) is 2.55. The third-order valence-corrected chi connectivity index (χ3v) is 3.38. The minimum absolute atomic E-state index is 0.332. The van der Waals surface area contributed by atoms with Crippen LogP contribution in [0.2, 0.25) is 10.0 Å². The summed E-state index contributed by atoms with van der Waals surface area (Å²) >= 11 is 11.8. The van der Waals surface area contributed by atoms with Gasteiger partial charge in [-0.3, -0.25) is 4.79 Å². The van der Waals surface area contributed by atoms with E-state index in [1.165, 1.54) is 6.21 Å². The first-order valence-corrected chi connectivity index (χ1v) is 7.48. The molecule has 0 unspecified atom stereocenters. The molecule has 0 radical (unpaired) electrons. The highest BCUT2D eigenvalue weighted by Gasteiger charge is 2.04. The van der Waals surface area contributed by atoms with Crippen molar-refractivity contribution in [3.63, 3.8) is 0 Å². The Morgan fingerprint density at radius 3 is 2.61 bits per heavy atom. The van der Waals surface area contributed by atoms with E-state index in [2.05, 4.69) is 17.1 Å².